The van der Waals surface area contributed by atoms with Crippen molar-refractivity contribution in [1.29, 1.82) is 0 Å². The minimum atomic E-state index is -0.0143. The molecule has 3 N–H and O–H groups in total. The van der Waals surface area contributed by atoms with Crippen LogP contribution in [0.4, 0.5) is 5.82 Å². The van der Waals surface area contributed by atoms with E-state index < -0.39 is 0 Å². The molecule has 1 amide bonds. The Morgan fingerprint density at radius 3 is 2.96 bits per heavy atom. The Morgan fingerprint density at radius 2 is 2.17 bits per heavy atom. The first-order chi connectivity index (χ1) is 11.8. The second kappa shape index (κ2) is 6.60. The number of nitrogens with one attached hydrogen (secondary N) is 3. The fourth-order valence-corrected chi connectivity index (χ4v) is 3.16. The molecule has 7 nitrogen and oxygen atoms in total. The monoisotopic (exact) mass is 327 g/mol. The summed E-state index contributed by atoms with van der Waals surface area (Å²) in [6.07, 6.45) is 8.14. The SMILES string of the molecule is O=C(N[C@H]1CCOC[C@H]1Nc1ccncn1)c1cc[nH]c1C1CC1. The minimum Gasteiger partial charge on any atom is -0.379 e. The molecule has 2 fully saturated rings. The molecule has 2 atom stereocenters. The molecule has 3 heterocycles. The lowest BCUT2D eigenvalue weighted by Crippen LogP contribution is -2.52. The largest absolute Gasteiger partial charge is 0.379 e. The third-order valence-corrected chi connectivity index (χ3v) is 4.60. The van der Waals surface area contributed by atoms with E-state index in [1.54, 1.807) is 6.20 Å². The molecular formula is C17H21N5O2. The van der Waals surface area contributed by atoms with Gasteiger partial charge in [0, 0.05) is 24.7 Å². The average Bonchev–Trinajstić information content (AvgIpc) is 3.34. The number of rotatable bonds is 5. The lowest BCUT2D eigenvalue weighted by molar-refractivity contribution is 0.0619. The summed E-state index contributed by atoms with van der Waals surface area (Å²) in [5.74, 6) is 1.24. The highest BCUT2D eigenvalue weighted by Crippen LogP contribution is 2.40. The maximum absolute atomic E-state index is 12.7. The molecule has 0 radical (unpaired) electrons. The lowest BCUT2D eigenvalue weighted by atomic mass is 10.0. The molecule has 0 unspecified atom stereocenters. The van der Waals surface area contributed by atoms with Crippen LogP contribution in [-0.4, -0.2) is 46.2 Å². The summed E-state index contributed by atoms with van der Waals surface area (Å²) in [5.41, 5.74) is 1.84. The molecule has 7 heteroatoms. The second-order valence-electron chi connectivity index (χ2n) is 6.37. The van der Waals surface area contributed by atoms with Crippen molar-refractivity contribution in [3.05, 3.63) is 42.1 Å². The van der Waals surface area contributed by atoms with E-state index in [1.807, 2.05) is 18.3 Å². The van der Waals surface area contributed by atoms with Crippen LogP contribution in [0.2, 0.25) is 0 Å². The van der Waals surface area contributed by atoms with E-state index in [4.69, 9.17) is 4.74 Å². The van der Waals surface area contributed by atoms with Crippen LogP contribution in [0.3, 0.4) is 0 Å². The Kier molecular flexibility index (Phi) is 4.17. The van der Waals surface area contributed by atoms with Gasteiger partial charge >= 0.3 is 0 Å². The van der Waals surface area contributed by atoms with E-state index in [2.05, 4.69) is 25.6 Å². The number of hydrogen-bond donors (Lipinski definition) is 3. The summed E-state index contributed by atoms with van der Waals surface area (Å²) in [5, 5.41) is 6.50. The van der Waals surface area contributed by atoms with Crippen LogP contribution < -0.4 is 10.6 Å². The molecule has 4 rings (SSSR count). The zero-order valence-corrected chi connectivity index (χ0v) is 13.4. The zero-order valence-electron chi connectivity index (χ0n) is 13.4. The molecule has 1 aliphatic carbocycles. The highest BCUT2D eigenvalue weighted by Gasteiger charge is 2.32. The molecule has 2 aliphatic rings. The van der Waals surface area contributed by atoms with Crippen molar-refractivity contribution in [2.24, 2.45) is 0 Å². The third kappa shape index (κ3) is 3.26. The van der Waals surface area contributed by atoms with Crippen LogP contribution >= 0.6 is 0 Å². The molecule has 1 saturated heterocycles. The van der Waals surface area contributed by atoms with Gasteiger partial charge in [0.05, 0.1) is 24.3 Å². The summed E-state index contributed by atoms with van der Waals surface area (Å²) in [7, 11) is 0. The van der Waals surface area contributed by atoms with E-state index in [0.717, 1.165) is 36.3 Å². The first-order valence-corrected chi connectivity index (χ1v) is 8.39. The number of H-pyrrole nitrogens is 1. The highest BCUT2D eigenvalue weighted by molar-refractivity contribution is 5.96. The first kappa shape index (κ1) is 15.1. The minimum absolute atomic E-state index is 0.00293. The fraction of sp³-hybridized carbons (Fsp3) is 0.471. The Bertz CT molecular complexity index is 698. The van der Waals surface area contributed by atoms with Gasteiger partial charge in [0.15, 0.2) is 0 Å². The quantitative estimate of drug-likeness (QED) is 0.777. The maximum atomic E-state index is 12.7. The van der Waals surface area contributed by atoms with Crippen molar-refractivity contribution >= 4 is 11.7 Å². The smallest absolute Gasteiger partial charge is 0.253 e. The summed E-state index contributed by atoms with van der Waals surface area (Å²) < 4.78 is 5.57. The predicted molar refractivity (Wildman–Crippen MR) is 88.9 cm³/mol. The number of amides is 1. The van der Waals surface area contributed by atoms with Crippen LogP contribution in [0.1, 0.15) is 41.2 Å². The van der Waals surface area contributed by atoms with Crippen LogP contribution in [0, 0.1) is 0 Å². The summed E-state index contributed by atoms with van der Waals surface area (Å²) >= 11 is 0. The van der Waals surface area contributed by atoms with E-state index in [0.29, 0.717) is 19.1 Å². The van der Waals surface area contributed by atoms with Gasteiger partial charge in [-0.25, -0.2) is 9.97 Å². The molecular weight excluding hydrogens is 306 g/mol. The lowest BCUT2D eigenvalue weighted by Gasteiger charge is -2.33. The maximum Gasteiger partial charge on any atom is 0.253 e. The molecule has 2 aromatic rings. The number of hydrogen-bond acceptors (Lipinski definition) is 5. The van der Waals surface area contributed by atoms with Crippen molar-refractivity contribution < 1.29 is 9.53 Å². The van der Waals surface area contributed by atoms with Crippen molar-refractivity contribution in [3.63, 3.8) is 0 Å². The van der Waals surface area contributed by atoms with Gasteiger partial charge in [-0.3, -0.25) is 4.79 Å². The molecule has 24 heavy (non-hydrogen) atoms. The standard InChI is InChI=1S/C17H21N5O2/c23-17(12-3-7-19-16(12)11-1-2-11)22-13-5-8-24-9-14(13)21-15-4-6-18-10-20-15/h3-4,6-7,10-11,13-14,19H,1-2,5,8-9H2,(H,22,23)(H,18,20,21)/t13-,14+/m0/s1. The van der Waals surface area contributed by atoms with E-state index >= 15 is 0 Å². The molecule has 0 spiro atoms. The topological polar surface area (TPSA) is 91.9 Å². The van der Waals surface area contributed by atoms with Crippen molar-refractivity contribution in [3.8, 4) is 0 Å². The molecule has 0 aromatic carbocycles. The molecule has 0 bridgehead atoms. The van der Waals surface area contributed by atoms with Crippen molar-refractivity contribution in [1.82, 2.24) is 20.3 Å². The van der Waals surface area contributed by atoms with Gasteiger partial charge in [0.2, 0.25) is 0 Å². The molecule has 1 aliphatic heterocycles. The number of carbonyl (C=O) groups excluding carboxylic acids is 1. The zero-order chi connectivity index (χ0) is 16.4. The van der Waals surface area contributed by atoms with Gasteiger partial charge < -0.3 is 20.4 Å². The van der Waals surface area contributed by atoms with Crippen LogP contribution in [-0.2, 0) is 4.74 Å². The van der Waals surface area contributed by atoms with Gasteiger partial charge in [-0.05, 0) is 37.3 Å². The van der Waals surface area contributed by atoms with Crippen LogP contribution in [0.25, 0.3) is 0 Å². The van der Waals surface area contributed by atoms with Crippen molar-refractivity contribution in [2.45, 2.75) is 37.3 Å². The van der Waals surface area contributed by atoms with Gasteiger partial charge in [0.25, 0.3) is 5.91 Å². The van der Waals surface area contributed by atoms with E-state index in [-0.39, 0.29) is 18.0 Å². The number of aromatic nitrogens is 3. The number of nitrogens with zero attached hydrogens (tertiary/aromatic N) is 2. The Labute approximate surface area is 140 Å². The number of aromatic amines is 1. The molecule has 2 aromatic heterocycles. The first-order valence-electron chi connectivity index (χ1n) is 8.39. The van der Waals surface area contributed by atoms with Gasteiger partial charge in [0.1, 0.15) is 12.1 Å². The summed E-state index contributed by atoms with van der Waals surface area (Å²) in [6.45, 7) is 1.19. The highest BCUT2D eigenvalue weighted by atomic mass is 16.5. The van der Waals surface area contributed by atoms with Gasteiger partial charge in [-0.1, -0.05) is 0 Å². The summed E-state index contributed by atoms with van der Waals surface area (Å²) in [6, 6.07) is 3.67. The number of ether oxygens (including phenoxy) is 1. The van der Waals surface area contributed by atoms with Crippen LogP contribution in [0.15, 0.2) is 30.9 Å². The van der Waals surface area contributed by atoms with E-state index in [9.17, 15) is 4.79 Å². The second-order valence-corrected chi connectivity index (χ2v) is 6.37. The van der Waals surface area contributed by atoms with Gasteiger partial charge in [-0.2, -0.15) is 0 Å². The predicted octanol–water partition coefficient (Wildman–Crippen LogP) is 1.68. The average molecular weight is 327 g/mol. The van der Waals surface area contributed by atoms with Crippen LogP contribution in [0.5, 0.6) is 0 Å². The van der Waals surface area contributed by atoms with Gasteiger partial charge in [-0.15, -0.1) is 0 Å². The Hall–Kier alpha value is -2.41. The number of carbonyl (C=O) groups is 1. The normalized spacial score (nSPS) is 23.7. The molecule has 126 valence electrons. The third-order valence-electron chi connectivity index (χ3n) is 4.60. The number of anilines is 1. The summed E-state index contributed by atoms with van der Waals surface area (Å²) in [4.78, 5) is 24.0. The van der Waals surface area contributed by atoms with E-state index in [1.165, 1.54) is 6.33 Å². The van der Waals surface area contributed by atoms with Crippen molar-refractivity contribution in [2.75, 3.05) is 18.5 Å². The fourth-order valence-electron chi connectivity index (χ4n) is 3.16. The Morgan fingerprint density at radius 1 is 1.25 bits per heavy atom. The molecule has 1 saturated carbocycles. The Balaban J connectivity index is 1.44.